The minimum absolute atomic E-state index is 0.680. The van der Waals surface area contributed by atoms with Gasteiger partial charge in [0.2, 0.25) is 0 Å². The van der Waals surface area contributed by atoms with Crippen LogP contribution in [0.3, 0.4) is 0 Å². The summed E-state index contributed by atoms with van der Waals surface area (Å²) in [5, 5.41) is 4.03. The van der Waals surface area contributed by atoms with Crippen molar-refractivity contribution in [1.82, 2.24) is 14.9 Å². The molecule has 0 aliphatic carbocycles. The number of benzene rings is 1. The Labute approximate surface area is 153 Å². The first-order chi connectivity index (χ1) is 12.0. The predicted molar refractivity (Wildman–Crippen MR) is 103 cm³/mol. The van der Waals surface area contributed by atoms with Crippen molar-refractivity contribution in [2.75, 3.05) is 50.6 Å². The first-order valence-corrected chi connectivity index (χ1v) is 8.74. The number of hydrogen-bond donors (Lipinski definition) is 1. The highest BCUT2D eigenvalue weighted by atomic mass is 35.5. The number of aromatic nitrogens is 2. The fraction of sp³-hybridized carbons (Fsp3) is 0.444. The quantitative estimate of drug-likeness (QED) is 0.902. The number of methoxy groups -OCH3 is 1. The fourth-order valence-corrected chi connectivity index (χ4v) is 3.03. The molecule has 134 valence electrons. The molecule has 1 N–H and O–H groups in total. The Hall–Kier alpha value is -2.05. The Morgan fingerprint density at radius 1 is 1.08 bits per heavy atom. The van der Waals surface area contributed by atoms with Crippen molar-refractivity contribution in [3.8, 4) is 5.75 Å². The van der Waals surface area contributed by atoms with E-state index in [1.54, 1.807) is 7.11 Å². The van der Waals surface area contributed by atoms with Gasteiger partial charge in [0.05, 0.1) is 12.8 Å². The van der Waals surface area contributed by atoms with Crippen LogP contribution in [0.1, 0.15) is 11.4 Å². The number of rotatable bonds is 4. The molecule has 0 atom stereocenters. The number of nitrogens with zero attached hydrogens (tertiary/aromatic N) is 4. The molecule has 1 saturated heterocycles. The van der Waals surface area contributed by atoms with E-state index in [2.05, 4.69) is 32.1 Å². The van der Waals surface area contributed by atoms with Gasteiger partial charge in [-0.25, -0.2) is 9.97 Å². The van der Waals surface area contributed by atoms with Crippen LogP contribution in [0.25, 0.3) is 0 Å². The fourth-order valence-electron chi connectivity index (χ4n) is 2.88. The van der Waals surface area contributed by atoms with Gasteiger partial charge in [-0.05, 0) is 32.5 Å². The Bertz CT molecular complexity index is 759. The Kier molecular flexibility index (Phi) is 5.30. The summed E-state index contributed by atoms with van der Waals surface area (Å²) in [4.78, 5) is 13.7. The number of nitrogens with one attached hydrogen (secondary N) is 1. The maximum atomic E-state index is 6.19. The predicted octanol–water partition coefficient (Wildman–Crippen LogP) is 3.25. The van der Waals surface area contributed by atoms with E-state index in [0.29, 0.717) is 10.8 Å². The van der Waals surface area contributed by atoms with Crippen LogP contribution in [0, 0.1) is 13.8 Å². The molecule has 1 aliphatic heterocycles. The molecular weight excluding hydrogens is 338 g/mol. The lowest BCUT2D eigenvalue weighted by Crippen LogP contribution is -2.44. The van der Waals surface area contributed by atoms with E-state index in [1.165, 1.54) is 0 Å². The number of piperazine rings is 1. The van der Waals surface area contributed by atoms with Crippen LogP contribution in [0.15, 0.2) is 18.2 Å². The highest BCUT2D eigenvalue weighted by molar-refractivity contribution is 6.31. The molecule has 2 aromatic rings. The van der Waals surface area contributed by atoms with Gasteiger partial charge in [-0.1, -0.05) is 11.6 Å². The molecular formula is C18H24ClN5O. The first-order valence-electron chi connectivity index (χ1n) is 8.36. The smallest absolute Gasteiger partial charge is 0.143 e. The number of aryl methyl sites for hydroxylation is 2. The number of likely N-dealkylation sites (N-methyl/N-ethyl adjacent to an activating group) is 1. The number of anilines is 3. The molecule has 1 aromatic carbocycles. The minimum Gasteiger partial charge on any atom is -0.495 e. The van der Waals surface area contributed by atoms with Crippen molar-refractivity contribution < 1.29 is 4.74 Å². The van der Waals surface area contributed by atoms with Gasteiger partial charge < -0.3 is 19.9 Å². The molecule has 0 bridgehead atoms. The number of ether oxygens (including phenoxy) is 1. The zero-order valence-electron chi connectivity index (χ0n) is 15.1. The van der Waals surface area contributed by atoms with Gasteiger partial charge in [0, 0.05) is 43.3 Å². The van der Waals surface area contributed by atoms with Crippen LogP contribution >= 0.6 is 11.6 Å². The summed E-state index contributed by atoms with van der Waals surface area (Å²) >= 11 is 6.19. The highest BCUT2D eigenvalue weighted by Crippen LogP contribution is 2.33. The van der Waals surface area contributed by atoms with E-state index in [4.69, 9.17) is 16.3 Å². The third kappa shape index (κ3) is 4.14. The molecule has 7 heteroatoms. The maximum Gasteiger partial charge on any atom is 0.143 e. The van der Waals surface area contributed by atoms with Crippen LogP contribution in [0.4, 0.5) is 17.3 Å². The molecule has 0 radical (unpaired) electrons. The molecule has 0 unspecified atom stereocenters. The number of hydrogen-bond acceptors (Lipinski definition) is 6. The summed E-state index contributed by atoms with van der Waals surface area (Å²) in [7, 11) is 3.78. The summed E-state index contributed by atoms with van der Waals surface area (Å²) in [6.45, 7) is 7.89. The zero-order valence-corrected chi connectivity index (χ0v) is 15.9. The molecule has 25 heavy (non-hydrogen) atoms. The molecule has 6 nitrogen and oxygen atoms in total. The average molecular weight is 362 g/mol. The second-order valence-corrected chi connectivity index (χ2v) is 6.78. The van der Waals surface area contributed by atoms with Crippen molar-refractivity contribution in [3.05, 3.63) is 34.6 Å². The van der Waals surface area contributed by atoms with Gasteiger partial charge in [0.25, 0.3) is 0 Å². The second-order valence-electron chi connectivity index (χ2n) is 6.38. The van der Waals surface area contributed by atoms with Crippen LogP contribution in [0.2, 0.25) is 5.02 Å². The molecule has 3 rings (SSSR count). The minimum atomic E-state index is 0.680. The molecule has 0 spiro atoms. The molecule has 1 aliphatic rings. The van der Waals surface area contributed by atoms with Crippen molar-refractivity contribution in [2.24, 2.45) is 0 Å². The molecule has 1 fully saturated rings. The number of halogens is 1. The SMILES string of the molecule is COc1cc(Cl)c(C)cc1Nc1cc(N2CCN(C)CC2)nc(C)n1. The standard InChI is InChI=1S/C18H24ClN5O/c1-12-9-15(16(25-4)10-14(12)19)22-17-11-18(21-13(2)20-17)24-7-5-23(3)6-8-24/h9-11H,5-8H2,1-4H3,(H,20,21,22). The Morgan fingerprint density at radius 2 is 1.80 bits per heavy atom. The topological polar surface area (TPSA) is 53.5 Å². The van der Waals surface area contributed by atoms with Crippen molar-refractivity contribution >= 4 is 28.9 Å². The van der Waals surface area contributed by atoms with E-state index in [1.807, 2.05) is 32.0 Å². The Morgan fingerprint density at radius 3 is 2.48 bits per heavy atom. The normalized spacial score (nSPS) is 15.3. The van der Waals surface area contributed by atoms with E-state index in [9.17, 15) is 0 Å². The summed E-state index contributed by atoms with van der Waals surface area (Å²) in [5.74, 6) is 3.13. The largest absolute Gasteiger partial charge is 0.495 e. The summed E-state index contributed by atoms with van der Waals surface area (Å²) in [6.07, 6.45) is 0. The lowest BCUT2D eigenvalue weighted by Gasteiger charge is -2.33. The van der Waals surface area contributed by atoms with Gasteiger partial charge in [-0.3, -0.25) is 0 Å². The van der Waals surface area contributed by atoms with Gasteiger partial charge in [-0.15, -0.1) is 0 Å². The van der Waals surface area contributed by atoms with E-state index < -0.39 is 0 Å². The van der Waals surface area contributed by atoms with Crippen LogP contribution < -0.4 is 15.0 Å². The molecule has 0 amide bonds. The maximum absolute atomic E-state index is 6.19. The third-order valence-electron chi connectivity index (χ3n) is 4.40. The average Bonchev–Trinajstić information content (AvgIpc) is 2.58. The second kappa shape index (κ2) is 7.45. The lowest BCUT2D eigenvalue weighted by molar-refractivity contribution is 0.312. The van der Waals surface area contributed by atoms with E-state index in [0.717, 1.165) is 54.9 Å². The van der Waals surface area contributed by atoms with Crippen molar-refractivity contribution in [1.29, 1.82) is 0 Å². The van der Waals surface area contributed by atoms with Crippen molar-refractivity contribution in [3.63, 3.8) is 0 Å². The van der Waals surface area contributed by atoms with Gasteiger partial charge in [-0.2, -0.15) is 0 Å². The molecule has 0 saturated carbocycles. The summed E-state index contributed by atoms with van der Waals surface area (Å²) in [5.41, 5.74) is 1.82. The van der Waals surface area contributed by atoms with Gasteiger partial charge >= 0.3 is 0 Å². The third-order valence-corrected chi connectivity index (χ3v) is 4.80. The van der Waals surface area contributed by atoms with E-state index in [-0.39, 0.29) is 0 Å². The summed E-state index contributed by atoms with van der Waals surface area (Å²) < 4.78 is 5.44. The summed E-state index contributed by atoms with van der Waals surface area (Å²) in [6, 6.07) is 5.77. The van der Waals surface area contributed by atoms with Gasteiger partial charge in [0.15, 0.2) is 0 Å². The lowest BCUT2D eigenvalue weighted by atomic mass is 10.2. The first kappa shape index (κ1) is 17.8. The van der Waals surface area contributed by atoms with Crippen LogP contribution in [-0.4, -0.2) is 55.2 Å². The molecule has 1 aromatic heterocycles. The molecule has 2 heterocycles. The van der Waals surface area contributed by atoms with Crippen LogP contribution in [0.5, 0.6) is 5.75 Å². The van der Waals surface area contributed by atoms with Gasteiger partial charge in [0.1, 0.15) is 23.2 Å². The highest BCUT2D eigenvalue weighted by Gasteiger charge is 2.17. The zero-order chi connectivity index (χ0) is 18.0. The van der Waals surface area contributed by atoms with E-state index >= 15 is 0 Å². The van der Waals surface area contributed by atoms with Crippen LogP contribution in [-0.2, 0) is 0 Å². The van der Waals surface area contributed by atoms with Crippen molar-refractivity contribution in [2.45, 2.75) is 13.8 Å². The Balaban J connectivity index is 1.87. The monoisotopic (exact) mass is 361 g/mol.